The van der Waals surface area contributed by atoms with E-state index in [1.54, 1.807) is 0 Å². The van der Waals surface area contributed by atoms with Crippen LogP contribution in [0, 0.1) is 13.8 Å². The summed E-state index contributed by atoms with van der Waals surface area (Å²) in [6.07, 6.45) is 0. The first kappa shape index (κ1) is 22.4. The molecular formula is C25H30ClN5O. The number of amides is 1. The first-order chi connectivity index (χ1) is 15.4. The van der Waals surface area contributed by atoms with Gasteiger partial charge in [0.05, 0.1) is 23.6 Å². The molecule has 1 N–H and O–H groups in total. The van der Waals surface area contributed by atoms with Gasteiger partial charge in [0.15, 0.2) is 0 Å². The Morgan fingerprint density at radius 2 is 1.75 bits per heavy atom. The molecule has 1 saturated heterocycles. The zero-order valence-corrected chi connectivity index (χ0v) is 19.7. The van der Waals surface area contributed by atoms with Crippen molar-refractivity contribution in [2.75, 3.05) is 42.9 Å². The van der Waals surface area contributed by atoms with Gasteiger partial charge < -0.3 is 15.1 Å². The number of nitrogens with zero attached hydrogens (tertiary/aromatic N) is 4. The van der Waals surface area contributed by atoms with Crippen molar-refractivity contribution < 1.29 is 4.79 Å². The molecule has 7 heteroatoms. The number of hydrogen-bond acceptors (Lipinski definition) is 4. The van der Waals surface area contributed by atoms with Crippen LogP contribution < -0.4 is 10.2 Å². The fourth-order valence-electron chi connectivity index (χ4n) is 4.15. The number of rotatable bonds is 6. The number of hydrogen-bond donors (Lipinski definition) is 1. The maximum Gasteiger partial charge on any atom is 0.255 e. The monoisotopic (exact) mass is 451 g/mol. The Hall–Kier alpha value is -2.83. The van der Waals surface area contributed by atoms with Crippen LogP contribution in [0.4, 0.5) is 11.4 Å². The highest BCUT2D eigenvalue weighted by Gasteiger charge is 2.19. The number of halogens is 1. The largest absolute Gasteiger partial charge is 0.367 e. The van der Waals surface area contributed by atoms with Crippen molar-refractivity contribution in [3.8, 4) is 0 Å². The van der Waals surface area contributed by atoms with Gasteiger partial charge in [0.1, 0.15) is 0 Å². The lowest BCUT2D eigenvalue weighted by Gasteiger charge is -2.36. The highest BCUT2D eigenvalue weighted by molar-refractivity contribution is 6.31. The molecule has 0 unspecified atom stereocenters. The second-order valence-electron chi connectivity index (χ2n) is 8.32. The predicted octanol–water partition coefficient (Wildman–Crippen LogP) is 4.60. The number of carbonyl (C=O) groups excluding carboxylic acids is 1. The summed E-state index contributed by atoms with van der Waals surface area (Å²) in [5, 5.41) is 8.19. The quantitative estimate of drug-likeness (QED) is 0.595. The summed E-state index contributed by atoms with van der Waals surface area (Å²) in [5.74, 6) is -0.140. The third kappa shape index (κ3) is 5.14. The smallest absolute Gasteiger partial charge is 0.255 e. The number of aromatic nitrogens is 2. The molecule has 1 fully saturated rings. The van der Waals surface area contributed by atoms with E-state index in [2.05, 4.69) is 33.2 Å². The van der Waals surface area contributed by atoms with Gasteiger partial charge in [-0.2, -0.15) is 5.10 Å². The molecule has 0 spiro atoms. The van der Waals surface area contributed by atoms with Crippen LogP contribution in [0.1, 0.15) is 34.2 Å². The Kier molecular flexibility index (Phi) is 6.82. The van der Waals surface area contributed by atoms with Crippen LogP contribution in [-0.4, -0.2) is 53.3 Å². The van der Waals surface area contributed by atoms with Crippen molar-refractivity contribution in [1.82, 2.24) is 14.7 Å². The van der Waals surface area contributed by atoms with E-state index < -0.39 is 0 Å². The fourth-order valence-corrected chi connectivity index (χ4v) is 4.33. The molecule has 2 heterocycles. The van der Waals surface area contributed by atoms with Gasteiger partial charge in [0.25, 0.3) is 5.91 Å². The maximum absolute atomic E-state index is 13.0. The van der Waals surface area contributed by atoms with Crippen LogP contribution in [0.5, 0.6) is 0 Å². The average Bonchev–Trinajstić information content (AvgIpc) is 3.11. The van der Waals surface area contributed by atoms with E-state index in [1.165, 1.54) is 0 Å². The van der Waals surface area contributed by atoms with Crippen LogP contribution in [-0.2, 0) is 6.54 Å². The van der Waals surface area contributed by atoms with E-state index in [4.69, 9.17) is 11.6 Å². The summed E-state index contributed by atoms with van der Waals surface area (Å²) in [7, 11) is 0. The molecule has 1 aromatic heterocycles. The van der Waals surface area contributed by atoms with E-state index in [9.17, 15) is 4.79 Å². The highest BCUT2D eigenvalue weighted by atomic mass is 35.5. The van der Waals surface area contributed by atoms with Gasteiger partial charge in [-0.15, -0.1) is 0 Å². The zero-order chi connectivity index (χ0) is 22.7. The van der Waals surface area contributed by atoms with E-state index in [-0.39, 0.29) is 5.91 Å². The van der Waals surface area contributed by atoms with Gasteiger partial charge in [-0.1, -0.05) is 30.7 Å². The van der Waals surface area contributed by atoms with Crippen molar-refractivity contribution >= 4 is 28.9 Å². The minimum absolute atomic E-state index is 0.140. The third-order valence-corrected chi connectivity index (χ3v) is 6.25. The summed E-state index contributed by atoms with van der Waals surface area (Å²) >= 11 is 6.26. The Morgan fingerprint density at radius 1 is 1.03 bits per heavy atom. The molecule has 6 nitrogen and oxygen atoms in total. The van der Waals surface area contributed by atoms with E-state index in [0.717, 1.165) is 61.0 Å². The normalized spacial score (nSPS) is 14.6. The summed E-state index contributed by atoms with van der Waals surface area (Å²) in [6.45, 7) is 11.9. The first-order valence-electron chi connectivity index (χ1n) is 11.1. The van der Waals surface area contributed by atoms with Gasteiger partial charge in [-0.25, -0.2) is 0 Å². The van der Waals surface area contributed by atoms with Crippen LogP contribution in [0.25, 0.3) is 0 Å². The van der Waals surface area contributed by atoms with Crippen LogP contribution in [0.15, 0.2) is 48.5 Å². The summed E-state index contributed by atoms with van der Waals surface area (Å²) < 4.78 is 1.97. The number of benzene rings is 2. The molecule has 168 valence electrons. The lowest BCUT2D eigenvalue weighted by atomic mass is 10.1. The lowest BCUT2D eigenvalue weighted by molar-refractivity contribution is 0.102. The predicted molar refractivity (Wildman–Crippen MR) is 131 cm³/mol. The maximum atomic E-state index is 13.0. The number of piperazine rings is 1. The highest BCUT2D eigenvalue weighted by Crippen LogP contribution is 2.30. The Balaban J connectivity index is 1.46. The van der Waals surface area contributed by atoms with Crippen molar-refractivity contribution in [2.24, 2.45) is 0 Å². The third-order valence-electron chi connectivity index (χ3n) is 6.02. The second-order valence-corrected chi connectivity index (χ2v) is 8.76. The summed E-state index contributed by atoms with van der Waals surface area (Å²) in [4.78, 5) is 17.7. The molecule has 0 aliphatic carbocycles. The number of anilines is 2. The van der Waals surface area contributed by atoms with E-state index >= 15 is 0 Å². The van der Waals surface area contributed by atoms with Crippen LogP contribution in [0.2, 0.25) is 5.02 Å². The van der Waals surface area contributed by atoms with Gasteiger partial charge in [0, 0.05) is 42.5 Å². The van der Waals surface area contributed by atoms with Crippen molar-refractivity contribution in [3.63, 3.8) is 0 Å². The molecule has 0 bridgehead atoms. The molecule has 0 atom stereocenters. The number of aryl methyl sites for hydroxylation is 2. The molecule has 3 aromatic rings. The topological polar surface area (TPSA) is 53.4 Å². The molecule has 2 aromatic carbocycles. The number of nitrogens with one attached hydrogen (secondary N) is 1. The van der Waals surface area contributed by atoms with E-state index in [0.29, 0.717) is 17.1 Å². The fraction of sp³-hybridized carbons (Fsp3) is 0.360. The van der Waals surface area contributed by atoms with Gasteiger partial charge in [-0.3, -0.25) is 9.48 Å². The molecule has 0 radical (unpaired) electrons. The molecule has 1 aliphatic rings. The lowest BCUT2D eigenvalue weighted by Crippen LogP contribution is -2.46. The van der Waals surface area contributed by atoms with E-state index in [1.807, 2.05) is 61.0 Å². The Morgan fingerprint density at radius 3 is 2.38 bits per heavy atom. The number of likely N-dealkylation sites (N-methyl/N-ethyl adjacent to an activating group) is 1. The van der Waals surface area contributed by atoms with Gasteiger partial charge in [0.2, 0.25) is 0 Å². The molecular weight excluding hydrogens is 422 g/mol. The molecule has 32 heavy (non-hydrogen) atoms. The minimum Gasteiger partial charge on any atom is -0.367 e. The zero-order valence-electron chi connectivity index (χ0n) is 18.9. The number of carbonyl (C=O) groups is 1. The minimum atomic E-state index is -0.140. The first-order valence-corrected chi connectivity index (χ1v) is 11.5. The van der Waals surface area contributed by atoms with Crippen molar-refractivity contribution in [3.05, 3.63) is 76.1 Å². The van der Waals surface area contributed by atoms with Crippen molar-refractivity contribution in [2.45, 2.75) is 27.3 Å². The second kappa shape index (κ2) is 9.76. The summed E-state index contributed by atoms with van der Waals surface area (Å²) in [5.41, 5.74) is 5.61. The molecule has 0 saturated carbocycles. The Labute approximate surface area is 194 Å². The van der Waals surface area contributed by atoms with Gasteiger partial charge >= 0.3 is 0 Å². The Bertz CT molecular complexity index is 1080. The van der Waals surface area contributed by atoms with Crippen LogP contribution >= 0.6 is 11.6 Å². The average molecular weight is 452 g/mol. The molecule has 1 aliphatic heterocycles. The van der Waals surface area contributed by atoms with Gasteiger partial charge in [-0.05, 0) is 62.4 Å². The van der Waals surface area contributed by atoms with Crippen LogP contribution in [0.3, 0.4) is 0 Å². The standard InChI is InChI=1S/C25H30ClN5O/c1-4-29-11-13-30(14-12-29)24-10-9-22(26)16-23(24)27-25(32)21-7-5-20(6-8-21)17-31-19(3)15-18(2)28-31/h5-10,15-16H,4,11-14,17H2,1-3H3,(H,27,32). The summed E-state index contributed by atoms with van der Waals surface area (Å²) in [6, 6.07) is 15.5. The molecule has 4 rings (SSSR count). The SMILES string of the molecule is CCN1CCN(c2ccc(Cl)cc2NC(=O)c2ccc(Cn3nc(C)cc3C)cc2)CC1. The molecule has 1 amide bonds. The van der Waals surface area contributed by atoms with Crippen molar-refractivity contribution in [1.29, 1.82) is 0 Å².